The normalized spacial score (nSPS) is 10.7. The molecule has 0 aliphatic heterocycles. The van der Waals surface area contributed by atoms with E-state index in [9.17, 15) is 9.90 Å². The highest BCUT2D eigenvalue weighted by Gasteiger charge is 2.13. The number of rotatable bonds is 4. The van der Waals surface area contributed by atoms with Crippen LogP contribution in [0.3, 0.4) is 0 Å². The van der Waals surface area contributed by atoms with Crippen LogP contribution in [0.5, 0.6) is 17.2 Å². The fraction of sp³-hybridized carbons (Fsp3) is 0. The Hall–Kier alpha value is -3.77. The van der Waals surface area contributed by atoms with Crippen LogP contribution >= 0.6 is 11.6 Å². The monoisotopic (exact) mass is 405 g/mol. The van der Waals surface area contributed by atoms with Gasteiger partial charge in [-0.25, -0.2) is 0 Å². The number of phenols is 1. The largest absolute Gasteiger partial charge is 0.507 e. The van der Waals surface area contributed by atoms with Crippen molar-refractivity contribution in [2.75, 3.05) is 5.73 Å². The smallest absolute Gasteiger partial charge is 0.316 e. The van der Waals surface area contributed by atoms with Crippen LogP contribution < -0.4 is 16.0 Å². The number of ether oxygens (including phenoxy) is 1. The van der Waals surface area contributed by atoms with Crippen LogP contribution in [0.4, 0.5) is 5.69 Å². The summed E-state index contributed by atoms with van der Waals surface area (Å²) in [7, 11) is 0. The van der Waals surface area contributed by atoms with Gasteiger partial charge >= 0.3 is 5.56 Å². The first kappa shape index (κ1) is 18.6. The molecule has 0 fully saturated rings. The van der Waals surface area contributed by atoms with Crippen LogP contribution in [0.25, 0.3) is 16.8 Å². The van der Waals surface area contributed by atoms with Gasteiger partial charge in [-0.3, -0.25) is 4.79 Å². The number of para-hydroxylation sites is 1. The fourth-order valence-corrected chi connectivity index (χ4v) is 2.98. The molecule has 144 valence electrons. The van der Waals surface area contributed by atoms with Gasteiger partial charge in [0.25, 0.3) is 0 Å². The molecule has 4 aromatic rings. The first-order valence-corrected chi connectivity index (χ1v) is 9.11. The van der Waals surface area contributed by atoms with Gasteiger partial charge in [-0.2, -0.15) is 9.78 Å². The number of aromatic nitrogens is 2. The third kappa shape index (κ3) is 3.79. The third-order valence-corrected chi connectivity index (χ3v) is 4.57. The first-order chi connectivity index (χ1) is 14.0. The summed E-state index contributed by atoms with van der Waals surface area (Å²) in [6.07, 6.45) is 1.36. The lowest BCUT2D eigenvalue weighted by Crippen LogP contribution is -2.23. The zero-order valence-corrected chi connectivity index (χ0v) is 15.9. The number of phenolic OH excluding ortho intramolecular Hbond substituents is 1. The summed E-state index contributed by atoms with van der Waals surface area (Å²) >= 11 is 5.90. The third-order valence-electron chi connectivity index (χ3n) is 4.32. The van der Waals surface area contributed by atoms with E-state index in [1.165, 1.54) is 10.9 Å². The van der Waals surface area contributed by atoms with Crippen molar-refractivity contribution in [2.45, 2.75) is 0 Å². The lowest BCUT2D eigenvalue weighted by molar-refractivity contribution is 0.470. The molecule has 0 aliphatic carbocycles. The molecular weight excluding hydrogens is 390 g/mol. The van der Waals surface area contributed by atoms with Gasteiger partial charge in [0.2, 0.25) is 5.75 Å². The molecule has 0 atom stereocenters. The molecule has 3 N–H and O–H groups in total. The first-order valence-electron chi connectivity index (χ1n) is 8.73. The SMILES string of the molecule is Nc1cnn(-c2ccc(Cl)cc2)c(=O)c1Oc1ccc(-c2ccccc2O)cc1. The number of anilines is 1. The van der Waals surface area contributed by atoms with Gasteiger partial charge in [-0.05, 0) is 48.0 Å². The van der Waals surface area contributed by atoms with Crippen molar-refractivity contribution in [1.29, 1.82) is 0 Å². The summed E-state index contributed by atoms with van der Waals surface area (Å²) in [4.78, 5) is 12.8. The number of nitrogens with zero attached hydrogens (tertiary/aromatic N) is 2. The van der Waals surface area contributed by atoms with Crippen molar-refractivity contribution in [3.63, 3.8) is 0 Å². The van der Waals surface area contributed by atoms with Crippen LogP contribution in [0, 0.1) is 0 Å². The number of nitrogens with two attached hydrogens (primary N) is 1. The molecule has 7 heteroatoms. The van der Waals surface area contributed by atoms with Gasteiger partial charge in [0, 0.05) is 10.6 Å². The molecule has 0 saturated heterocycles. The zero-order valence-electron chi connectivity index (χ0n) is 15.1. The zero-order chi connectivity index (χ0) is 20.4. The Bertz CT molecular complexity index is 1220. The summed E-state index contributed by atoms with van der Waals surface area (Å²) in [5, 5.41) is 14.6. The Morgan fingerprint density at radius 3 is 2.34 bits per heavy atom. The molecule has 0 amide bonds. The summed E-state index contributed by atoms with van der Waals surface area (Å²) in [5.74, 6) is 0.595. The van der Waals surface area contributed by atoms with Gasteiger partial charge in [0.05, 0.1) is 11.9 Å². The van der Waals surface area contributed by atoms with Crippen LogP contribution in [0.2, 0.25) is 5.02 Å². The quantitative estimate of drug-likeness (QED) is 0.516. The highest BCUT2D eigenvalue weighted by atomic mass is 35.5. The van der Waals surface area contributed by atoms with Gasteiger partial charge < -0.3 is 15.6 Å². The minimum absolute atomic E-state index is 0.0229. The van der Waals surface area contributed by atoms with Crippen LogP contribution in [0.1, 0.15) is 0 Å². The average Bonchev–Trinajstić information content (AvgIpc) is 2.73. The molecule has 4 rings (SSSR count). The van der Waals surface area contributed by atoms with Gasteiger partial charge in [0.15, 0.2) is 0 Å². The van der Waals surface area contributed by atoms with Crippen molar-refractivity contribution >= 4 is 17.3 Å². The van der Waals surface area contributed by atoms with Crippen LogP contribution in [-0.4, -0.2) is 14.9 Å². The number of hydrogen-bond donors (Lipinski definition) is 2. The molecule has 3 aromatic carbocycles. The summed E-state index contributed by atoms with van der Waals surface area (Å²) in [6, 6.07) is 20.7. The van der Waals surface area contributed by atoms with Crippen LogP contribution in [0.15, 0.2) is 83.8 Å². The number of nitrogen functional groups attached to an aromatic ring is 1. The molecule has 0 unspecified atom stereocenters. The van der Waals surface area contributed by atoms with E-state index in [4.69, 9.17) is 22.1 Å². The van der Waals surface area contributed by atoms with Crippen molar-refractivity contribution in [3.05, 3.63) is 94.4 Å². The summed E-state index contributed by atoms with van der Waals surface area (Å²) < 4.78 is 6.95. The van der Waals surface area contributed by atoms with E-state index in [1.54, 1.807) is 60.7 Å². The van der Waals surface area contributed by atoms with Crippen LogP contribution in [-0.2, 0) is 0 Å². The molecule has 1 heterocycles. The standard InChI is InChI=1S/C22H16ClN3O3/c23-15-7-9-16(10-8-15)26-22(28)21(19(24)13-25-26)29-17-11-5-14(6-12-17)18-3-1-2-4-20(18)27/h1-13,27H,24H2. The van der Waals surface area contributed by atoms with E-state index in [2.05, 4.69) is 5.10 Å². The lowest BCUT2D eigenvalue weighted by atomic mass is 10.0. The number of halogens is 1. The maximum absolute atomic E-state index is 12.8. The van der Waals surface area contributed by atoms with Crippen molar-refractivity contribution in [1.82, 2.24) is 9.78 Å². The maximum Gasteiger partial charge on any atom is 0.316 e. The number of aromatic hydroxyl groups is 1. The summed E-state index contributed by atoms with van der Waals surface area (Å²) in [6.45, 7) is 0. The molecule has 6 nitrogen and oxygen atoms in total. The second-order valence-electron chi connectivity index (χ2n) is 6.27. The Morgan fingerprint density at radius 2 is 1.66 bits per heavy atom. The maximum atomic E-state index is 12.8. The van der Waals surface area contributed by atoms with Crippen molar-refractivity contribution in [3.8, 4) is 34.1 Å². The topological polar surface area (TPSA) is 90.4 Å². The predicted molar refractivity (Wildman–Crippen MR) is 113 cm³/mol. The van der Waals surface area contributed by atoms with Crippen molar-refractivity contribution < 1.29 is 9.84 Å². The molecule has 0 spiro atoms. The Kier molecular flexibility index (Phi) is 4.93. The molecule has 0 bridgehead atoms. The number of hydrogen-bond acceptors (Lipinski definition) is 5. The Labute approximate surface area is 171 Å². The molecule has 29 heavy (non-hydrogen) atoms. The molecular formula is C22H16ClN3O3. The van der Waals surface area contributed by atoms with Gasteiger partial charge in [0.1, 0.15) is 17.2 Å². The second-order valence-corrected chi connectivity index (χ2v) is 6.70. The van der Waals surface area contributed by atoms with E-state index in [1.807, 2.05) is 12.1 Å². The Balaban J connectivity index is 1.66. The van der Waals surface area contributed by atoms with E-state index in [0.29, 0.717) is 22.0 Å². The lowest BCUT2D eigenvalue weighted by Gasteiger charge is -2.11. The summed E-state index contributed by atoms with van der Waals surface area (Å²) in [5.41, 5.74) is 7.63. The molecule has 1 aromatic heterocycles. The van der Waals surface area contributed by atoms with E-state index in [-0.39, 0.29) is 17.2 Å². The second kappa shape index (κ2) is 7.69. The molecule has 0 saturated carbocycles. The molecule has 0 radical (unpaired) electrons. The van der Waals surface area contributed by atoms with E-state index < -0.39 is 5.56 Å². The highest BCUT2D eigenvalue weighted by Crippen LogP contribution is 2.31. The minimum Gasteiger partial charge on any atom is -0.507 e. The predicted octanol–water partition coefficient (Wildman–Crippen LogP) is 4.63. The van der Waals surface area contributed by atoms with Crippen molar-refractivity contribution in [2.24, 2.45) is 0 Å². The van der Waals surface area contributed by atoms with E-state index >= 15 is 0 Å². The van der Waals surface area contributed by atoms with Gasteiger partial charge in [-0.1, -0.05) is 41.9 Å². The van der Waals surface area contributed by atoms with Gasteiger partial charge in [-0.15, -0.1) is 0 Å². The highest BCUT2D eigenvalue weighted by molar-refractivity contribution is 6.30. The Morgan fingerprint density at radius 1 is 0.966 bits per heavy atom. The van der Waals surface area contributed by atoms with E-state index in [0.717, 1.165) is 5.56 Å². The average molecular weight is 406 g/mol. The fourth-order valence-electron chi connectivity index (χ4n) is 2.86. The minimum atomic E-state index is -0.489. The number of benzene rings is 3. The molecule has 0 aliphatic rings.